The monoisotopic (exact) mass is 341 g/mol. The topological polar surface area (TPSA) is 49.2 Å². The molecule has 108 valence electrons. The lowest BCUT2D eigenvalue weighted by Crippen LogP contribution is -2.37. The van der Waals surface area contributed by atoms with Gasteiger partial charge in [-0.25, -0.2) is 9.97 Å². The molecule has 1 heterocycles. The molecule has 0 bridgehead atoms. The highest BCUT2D eigenvalue weighted by Gasteiger charge is 2.31. The zero-order valence-electron chi connectivity index (χ0n) is 10.6. The zero-order chi connectivity index (χ0) is 14.6. The van der Waals surface area contributed by atoms with E-state index in [9.17, 15) is 13.2 Å². The third-order valence-electron chi connectivity index (χ3n) is 2.28. The quantitative estimate of drug-likeness (QED) is 0.836. The third-order valence-corrected chi connectivity index (χ3v) is 2.69. The summed E-state index contributed by atoms with van der Waals surface area (Å²) in [4.78, 5) is 9.20. The molecule has 0 saturated carbocycles. The standard InChI is InChI=1S/C11H15BrF3N3O/c1-7(2)10-16-8(12)5-9(17-10)18(3-4-19)6-11(13,14)15/h5,7,19H,3-4,6H2,1-2H3. The Hall–Kier alpha value is -0.890. The molecule has 0 aliphatic heterocycles. The molecule has 1 aromatic rings. The fourth-order valence-electron chi connectivity index (χ4n) is 1.45. The molecule has 0 aliphatic carbocycles. The van der Waals surface area contributed by atoms with Crippen LogP contribution in [0.4, 0.5) is 19.0 Å². The van der Waals surface area contributed by atoms with Gasteiger partial charge in [-0.05, 0) is 15.9 Å². The van der Waals surface area contributed by atoms with Crippen molar-refractivity contribution in [2.45, 2.75) is 25.9 Å². The van der Waals surface area contributed by atoms with Gasteiger partial charge >= 0.3 is 6.18 Å². The van der Waals surface area contributed by atoms with E-state index in [0.717, 1.165) is 4.90 Å². The number of aromatic nitrogens is 2. The van der Waals surface area contributed by atoms with Crippen LogP contribution in [0, 0.1) is 0 Å². The van der Waals surface area contributed by atoms with E-state index in [1.807, 2.05) is 13.8 Å². The van der Waals surface area contributed by atoms with E-state index >= 15 is 0 Å². The lowest BCUT2D eigenvalue weighted by molar-refractivity contribution is -0.120. The van der Waals surface area contributed by atoms with Gasteiger partial charge in [0.05, 0.1) is 6.61 Å². The molecule has 0 atom stereocenters. The van der Waals surface area contributed by atoms with Crippen molar-refractivity contribution >= 4 is 21.7 Å². The smallest absolute Gasteiger partial charge is 0.395 e. The van der Waals surface area contributed by atoms with Crippen LogP contribution in [0.1, 0.15) is 25.6 Å². The maximum absolute atomic E-state index is 12.5. The molecular formula is C11H15BrF3N3O. The number of halogens is 4. The Morgan fingerprint density at radius 2 is 2.00 bits per heavy atom. The highest BCUT2D eigenvalue weighted by atomic mass is 79.9. The predicted octanol–water partition coefficient (Wildman–Crippen LogP) is 2.72. The van der Waals surface area contributed by atoms with Crippen LogP contribution in [0.15, 0.2) is 10.7 Å². The summed E-state index contributed by atoms with van der Waals surface area (Å²) in [7, 11) is 0. The minimum atomic E-state index is -4.36. The molecule has 8 heteroatoms. The molecule has 1 rings (SSSR count). The Bertz CT molecular complexity index is 426. The van der Waals surface area contributed by atoms with Gasteiger partial charge in [0, 0.05) is 18.5 Å². The molecule has 0 unspecified atom stereocenters. The highest BCUT2D eigenvalue weighted by molar-refractivity contribution is 9.10. The average Bonchev–Trinajstić information content (AvgIpc) is 2.25. The van der Waals surface area contributed by atoms with Crippen LogP contribution in [0.2, 0.25) is 0 Å². The first-order valence-corrected chi connectivity index (χ1v) is 6.49. The first-order valence-electron chi connectivity index (χ1n) is 5.70. The van der Waals surface area contributed by atoms with Crippen molar-refractivity contribution in [3.63, 3.8) is 0 Å². The van der Waals surface area contributed by atoms with Crippen molar-refractivity contribution in [1.82, 2.24) is 9.97 Å². The molecule has 0 radical (unpaired) electrons. The third kappa shape index (κ3) is 5.32. The summed E-state index contributed by atoms with van der Waals surface area (Å²) in [6.45, 7) is 2.03. The predicted molar refractivity (Wildman–Crippen MR) is 69.2 cm³/mol. The van der Waals surface area contributed by atoms with Crippen molar-refractivity contribution in [3.05, 3.63) is 16.5 Å². The number of hydrogen-bond acceptors (Lipinski definition) is 4. The minimum Gasteiger partial charge on any atom is -0.395 e. The number of alkyl halides is 3. The molecule has 1 N–H and O–H groups in total. The van der Waals surface area contributed by atoms with Gasteiger partial charge in [-0.3, -0.25) is 0 Å². The Morgan fingerprint density at radius 1 is 1.37 bits per heavy atom. The van der Waals surface area contributed by atoms with Crippen LogP contribution in [0.25, 0.3) is 0 Å². The molecule has 0 aliphatic rings. The summed E-state index contributed by atoms with van der Waals surface area (Å²) in [5.74, 6) is 0.601. The molecular weight excluding hydrogens is 327 g/mol. The number of aliphatic hydroxyl groups is 1. The summed E-state index contributed by atoms with van der Waals surface area (Å²) in [6.07, 6.45) is -4.36. The van der Waals surface area contributed by atoms with Crippen LogP contribution in [0.5, 0.6) is 0 Å². The second-order valence-corrected chi connectivity index (χ2v) is 5.13. The Balaban J connectivity index is 3.07. The van der Waals surface area contributed by atoms with E-state index in [0.29, 0.717) is 10.4 Å². The maximum atomic E-state index is 12.5. The van der Waals surface area contributed by atoms with E-state index in [1.165, 1.54) is 6.07 Å². The molecule has 19 heavy (non-hydrogen) atoms. The molecule has 0 spiro atoms. The van der Waals surface area contributed by atoms with Crippen molar-refractivity contribution in [3.8, 4) is 0 Å². The molecule has 0 saturated heterocycles. The van der Waals surface area contributed by atoms with Crippen LogP contribution in [-0.2, 0) is 0 Å². The normalized spacial score (nSPS) is 12.0. The van der Waals surface area contributed by atoms with Crippen LogP contribution < -0.4 is 4.90 Å². The van der Waals surface area contributed by atoms with Crippen molar-refractivity contribution in [2.24, 2.45) is 0 Å². The van der Waals surface area contributed by atoms with Crippen molar-refractivity contribution in [1.29, 1.82) is 0 Å². The number of rotatable bonds is 5. The van der Waals surface area contributed by atoms with E-state index < -0.39 is 12.7 Å². The molecule has 0 fully saturated rings. The fourth-order valence-corrected chi connectivity index (χ4v) is 1.84. The number of hydrogen-bond donors (Lipinski definition) is 1. The highest BCUT2D eigenvalue weighted by Crippen LogP contribution is 2.24. The van der Waals surface area contributed by atoms with E-state index in [1.54, 1.807) is 0 Å². The van der Waals surface area contributed by atoms with Gasteiger partial charge < -0.3 is 10.0 Å². The van der Waals surface area contributed by atoms with E-state index in [4.69, 9.17) is 5.11 Å². The van der Waals surface area contributed by atoms with Gasteiger partial charge in [-0.1, -0.05) is 13.8 Å². The van der Waals surface area contributed by atoms with Gasteiger partial charge in [0.1, 0.15) is 22.8 Å². The van der Waals surface area contributed by atoms with Crippen molar-refractivity contribution < 1.29 is 18.3 Å². The number of nitrogens with zero attached hydrogens (tertiary/aromatic N) is 3. The van der Waals surface area contributed by atoms with Gasteiger partial charge in [0.15, 0.2) is 0 Å². The lowest BCUT2D eigenvalue weighted by Gasteiger charge is -2.24. The molecule has 0 amide bonds. The van der Waals surface area contributed by atoms with Crippen molar-refractivity contribution in [2.75, 3.05) is 24.6 Å². The largest absolute Gasteiger partial charge is 0.405 e. The molecule has 4 nitrogen and oxygen atoms in total. The van der Waals surface area contributed by atoms with Gasteiger partial charge in [-0.2, -0.15) is 13.2 Å². The number of anilines is 1. The van der Waals surface area contributed by atoms with Gasteiger partial charge in [0.25, 0.3) is 0 Å². The summed E-state index contributed by atoms with van der Waals surface area (Å²) >= 11 is 3.16. The van der Waals surface area contributed by atoms with Crippen LogP contribution in [-0.4, -0.2) is 40.9 Å². The Kier molecular flexibility index (Phi) is 5.54. The van der Waals surface area contributed by atoms with E-state index in [-0.39, 0.29) is 24.9 Å². The number of aliphatic hydroxyl groups excluding tert-OH is 1. The molecule has 0 aromatic carbocycles. The summed E-state index contributed by atoms with van der Waals surface area (Å²) in [6, 6.07) is 1.41. The van der Waals surface area contributed by atoms with Gasteiger partial charge in [-0.15, -0.1) is 0 Å². The first kappa shape index (κ1) is 16.2. The lowest BCUT2D eigenvalue weighted by atomic mass is 10.2. The second-order valence-electron chi connectivity index (χ2n) is 4.32. The van der Waals surface area contributed by atoms with Crippen LogP contribution >= 0.6 is 15.9 Å². The summed E-state index contributed by atoms with van der Waals surface area (Å²) < 4.78 is 37.9. The molecule has 1 aromatic heterocycles. The average molecular weight is 342 g/mol. The second kappa shape index (κ2) is 6.51. The zero-order valence-corrected chi connectivity index (χ0v) is 12.2. The Labute approximate surface area is 117 Å². The fraction of sp³-hybridized carbons (Fsp3) is 0.636. The van der Waals surface area contributed by atoms with Gasteiger partial charge in [0.2, 0.25) is 0 Å². The van der Waals surface area contributed by atoms with E-state index in [2.05, 4.69) is 25.9 Å². The summed E-state index contributed by atoms with van der Waals surface area (Å²) in [5.41, 5.74) is 0. The van der Waals surface area contributed by atoms with Crippen LogP contribution in [0.3, 0.4) is 0 Å². The summed E-state index contributed by atoms with van der Waals surface area (Å²) in [5, 5.41) is 8.88. The SMILES string of the molecule is CC(C)c1nc(Br)cc(N(CCO)CC(F)(F)F)n1. The maximum Gasteiger partial charge on any atom is 0.405 e. The minimum absolute atomic E-state index is 0.00175. The first-order chi connectivity index (χ1) is 8.73. The Morgan fingerprint density at radius 3 is 2.47 bits per heavy atom.